The van der Waals surface area contributed by atoms with Gasteiger partial charge in [-0.15, -0.1) is 0 Å². The van der Waals surface area contributed by atoms with Gasteiger partial charge < -0.3 is 14.2 Å². The van der Waals surface area contributed by atoms with E-state index in [4.69, 9.17) is 14.2 Å². The first-order chi connectivity index (χ1) is 40.0. The first-order valence-electron chi connectivity index (χ1n) is 36.8. The zero-order chi connectivity index (χ0) is 58.5. The molecule has 0 fully saturated rings. The zero-order valence-corrected chi connectivity index (χ0v) is 55.1. The third-order valence-electron chi connectivity index (χ3n) is 16.9. The predicted molar refractivity (Wildman–Crippen MR) is 353 cm³/mol. The molecule has 0 amide bonds. The predicted octanol–water partition coefficient (Wildman–Crippen LogP) is 25.3. The molecular formula is C75H142O6. The standard InChI is InChI=1S/C75H142O6/c1-4-7-10-13-16-19-22-25-27-29-31-33-35-36-37-38-39-40-42-43-45-47-50-53-56-59-62-65-68-74(77)80-71-72(70-79-73(76)67-64-61-58-55-52-49-24-21-18-15-12-9-6-3)81-75(78)69-66-63-60-57-54-51-48-46-44-41-34-32-30-28-26-23-20-17-14-11-8-5-2/h12,15,21,24,72H,4-11,13-14,16-20,22-23,25-71H2,1-3H3/b15-12-,24-21-. The number of carbonyl (C=O) groups excluding carboxylic acids is 3. The maximum atomic E-state index is 13.0. The molecule has 0 bridgehead atoms. The Kier molecular flexibility index (Phi) is 68.5. The summed E-state index contributed by atoms with van der Waals surface area (Å²) in [6.07, 6.45) is 86.6. The van der Waals surface area contributed by atoms with Crippen molar-refractivity contribution in [3.05, 3.63) is 24.3 Å². The molecule has 81 heavy (non-hydrogen) atoms. The lowest BCUT2D eigenvalue weighted by atomic mass is 10.0. The molecule has 0 rings (SSSR count). The van der Waals surface area contributed by atoms with Crippen LogP contribution in [0.4, 0.5) is 0 Å². The van der Waals surface area contributed by atoms with Crippen molar-refractivity contribution in [3.63, 3.8) is 0 Å². The number of hydrogen-bond acceptors (Lipinski definition) is 6. The molecule has 0 N–H and O–H groups in total. The van der Waals surface area contributed by atoms with Crippen LogP contribution in [-0.4, -0.2) is 37.2 Å². The Labute approximate surface area is 506 Å². The third kappa shape index (κ3) is 68.6. The number of hydrogen-bond donors (Lipinski definition) is 0. The number of esters is 3. The quantitative estimate of drug-likeness (QED) is 0.0261. The molecule has 0 aromatic rings. The van der Waals surface area contributed by atoms with Gasteiger partial charge in [0.2, 0.25) is 0 Å². The van der Waals surface area contributed by atoms with Crippen molar-refractivity contribution in [3.8, 4) is 0 Å². The average Bonchev–Trinajstić information content (AvgIpc) is 3.46. The third-order valence-corrected chi connectivity index (χ3v) is 16.9. The average molecular weight is 1140 g/mol. The summed E-state index contributed by atoms with van der Waals surface area (Å²) >= 11 is 0. The molecule has 0 spiro atoms. The summed E-state index contributed by atoms with van der Waals surface area (Å²) in [4.78, 5) is 38.4. The van der Waals surface area contributed by atoms with Crippen molar-refractivity contribution in [2.24, 2.45) is 0 Å². The largest absolute Gasteiger partial charge is 0.462 e. The van der Waals surface area contributed by atoms with Crippen LogP contribution in [-0.2, 0) is 28.6 Å². The van der Waals surface area contributed by atoms with Gasteiger partial charge in [0.25, 0.3) is 0 Å². The Morgan fingerprint density at radius 2 is 0.469 bits per heavy atom. The number of rotatable bonds is 69. The highest BCUT2D eigenvalue weighted by Gasteiger charge is 2.20. The van der Waals surface area contributed by atoms with Crippen LogP contribution in [0.3, 0.4) is 0 Å². The highest BCUT2D eigenvalue weighted by Crippen LogP contribution is 2.19. The van der Waals surface area contributed by atoms with Gasteiger partial charge in [-0.2, -0.15) is 0 Å². The normalized spacial score (nSPS) is 12.1. The van der Waals surface area contributed by atoms with E-state index >= 15 is 0 Å². The minimum absolute atomic E-state index is 0.0692. The van der Waals surface area contributed by atoms with E-state index in [1.807, 2.05) is 0 Å². The highest BCUT2D eigenvalue weighted by molar-refractivity contribution is 5.71. The summed E-state index contributed by atoms with van der Waals surface area (Å²) in [5.41, 5.74) is 0. The molecule has 0 aliphatic rings. The van der Waals surface area contributed by atoms with Gasteiger partial charge in [-0.1, -0.05) is 379 Å². The summed E-state index contributed by atoms with van der Waals surface area (Å²) in [7, 11) is 0. The molecule has 0 aliphatic heterocycles. The van der Waals surface area contributed by atoms with Crippen molar-refractivity contribution in [2.45, 2.75) is 425 Å². The smallest absolute Gasteiger partial charge is 0.306 e. The lowest BCUT2D eigenvalue weighted by Gasteiger charge is -2.18. The summed E-state index contributed by atoms with van der Waals surface area (Å²) in [5.74, 6) is -0.850. The Morgan fingerprint density at radius 1 is 0.247 bits per heavy atom. The van der Waals surface area contributed by atoms with Crippen LogP contribution in [0.5, 0.6) is 0 Å². The molecule has 1 atom stereocenters. The van der Waals surface area contributed by atoms with Crippen LogP contribution >= 0.6 is 0 Å². The maximum Gasteiger partial charge on any atom is 0.306 e. The molecular weight excluding hydrogens is 997 g/mol. The fourth-order valence-electron chi connectivity index (χ4n) is 11.4. The molecule has 6 nitrogen and oxygen atoms in total. The molecule has 0 aliphatic carbocycles. The van der Waals surface area contributed by atoms with Crippen molar-refractivity contribution >= 4 is 17.9 Å². The van der Waals surface area contributed by atoms with E-state index in [-0.39, 0.29) is 31.1 Å². The van der Waals surface area contributed by atoms with Gasteiger partial charge in [-0.3, -0.25) is 14.4 Å². The SMILES string of the molecule is CCC/C=C\C/C=C\CCCCCCCC(=O)OCC(COC(=O)CCCCCCCCCCCCCCCCCCCCCCCCCCCCCC)OC(=O)CCCCCCCCCCCCCCCCCCCCCCCC. The molecule has 0 radical (unpaired) electrons. The Morgan fingerprint density at radius 3 is 0.728 bits per heavy atom. The second kappa shape index (κ2) is 70.4. The number of carbonyl (C=O) groups is 3. The summed E-state index contributed by atoms with van der Waals surface area (Å²) < 4.78 is 17.0. The van der Waals surface area contributed by atoms with Gasteiger partial charge in [0.05, 0.1) is 0 Å². The van der Waals surface area contributed by atoms with Crippen LogP contribution in [0.15, 0.2) is 24.3 Å². The van der Waals surface area contributed by atoms with Gasteiger partial charge in [-0.25, -0.2) is 0 Å². The fraction of sp³-hybridized carbons (Fsp3) is 0.907. The topological polar surface area (TPSA) is 78.9 Å². The fourth-order valence-corrected chi connectivity index (χ4v) is 11.4. The van der Waals surface area contributed by atoms with E-state index in [1.54, 1.807) is 0 Å². The van der Waals surface area contributed by atoms with E-state index in [0.717, 1.165) is 83.5 Å². The van der Waals surface area contributed by atoms with Crippen molar-refractivity contribution in [1.82, 2.24) is 0 Å². The van der Waals surface area contributed by atoms with Crippen molar-refractivity contribution in [2.75, 3.05) is 13.2 Å². The molecule has 0 saturated carbocycles. The van der Waals surface area contributed by atoms with E-state index in [0.29, 0.717) is 19.3 Å². The Balaban J connectivity index is 4.17. The van der Waals surface area contributed by atoms with Crippen LogP contribution in [0.25, 0.3) is 0 Å². The molecule has 0 saturated heterocycles. The lowest BCUT2D eigenvalue weighted by molar-refractivity contribution is -0.167. The van der Waals surface area contributed by atoms with Crippen LogP contribution in [0, 0.1) is 0 Å². The van der Waals surface area contributed by atoms with E-state index < -0.39 is 6.10 Å². The minimum Gasteiger partial charge on any atom is -0.462 e. The first kappa shape index (κ1) is 78.9. The summed E-state index contributed by atoms with van der Waals surface area (Å²) in [6, 6.07) is 0. The summed E-state index contributed by atoms with van der Waals surface area (Å²) in [5, 5.41) is 0. The van der Waals surface area contributed by atoms with Gasteiger partial charge >= 0.3 is 17.9 Å². The van der Waals surface area contributed by atoms with Gasteiger partial charge in [0.1, 0.15) is 13.2 Å². The lowest BCUT2D eigenvalue weighted by Crippen LogP contribution is -2.30. The van der Waals surface area contributed by atoms with Crippen LogP contribution < -0.4 is 0 Å². The highest BCUT2D eigenvalue weighted by atomic mass is 16.6. The molecule has 0 aromatic heterocycles. The molecule has 1 unspecified atom stereocenters. The van der Waals surface area contributed by atoms with Crippen LogP contribution in [0.2, 0.25) is 0 Å². The minimum atomic E-state index is -0.774. The number of ether oxygens (including phenoxy) is 3. The molecule has 478 valence electrons. The zero-order valence-electron chi connectivity index (χ0n) is 55.1. The van der Waals surface area contributed by atoms with E-state index in [1.165, 1.54) is 295 Å². The van der Waals surface area contributed by atoms with Gasteiger partial charge in [-0.05, 0) is 44.9 Å². The second-order valence-corrected chi connectivity index (χ2v) is 25.2. The molecule has 0 aromatic carbocycles. The first-order valence-corrected chi connectivity index (χ1v) is 36.8. The van der Waals surface area contributed by atoms with Crippen molar-refractivity contribution in [1.29, 1.82) is 0 Å². The van der Waals surface area contributed by atoms with Crippen molar-refractivity contribution < 1.29 is 28.6 Å². The summed E-state index contributed by atoms with van der Waals surface area (Å²) in [6.45, 7) is 6.66. The molecule has 0 heterocycles. The number of allylic oxidation sites excluding steroid dienone is 4. The second-order valence-electron chi connectivity index (χ2n) is 25.2. The maximum absolute atomic E-state index is 13.0. The van der Waals surface area contributed by atoms with Gasteiger partial charge in [0.15, 0.2) is 6.10 Å². The Bertz CT molecular complexity index is 1310. The van der Waals surface area contributed by atoms with Crippen LogP contribution in [0.1, 0.15) is 419 Å². The van der Waals surface area contributed by atoms with E-state index in [2.05, 4.69) is 45.1 Å². The number of unbranched alkanes of at least 4 members (excludes halogenated alkanes) is 54. The van der Waals surface area contributed by atoms with E-state index in [9.17, 15) is 14.4 Å². The monoisotopic (exact) mass is 1140 g/mol. The molecule has 6 heteroatoms. The Hall–Kier alpha value is -2.11. The van der Waals surface area contributed by atoms with Gasteiger partial charge in [0, 0.05) is 19.3 Å².